The van der Waals surface area contributed by atoms with Gasteiger partial charge >= 0.3 is 0 Å². The van der Waals surface area contributed by atoms with Crippen LogP contribution in [-0.4, -0.2) is 30.3 Å². The van der Waals surface area contributed by atoms with Crippen molar-refractivity contribution in [1.82, 2.24) is 10.5 Å². The van der Waals surface area contributed by atoms with Gasteiger partial charge in [-0.15, -0.1) is 0 Å². The van der Waals surface area contributed by atoms with Gasteiger partial charge in [-0.2, -0.15) is 0 Å². The molecule has 0 saturated heterocycles. The van der Waals surface area contributed by atoms with Crippen molar-refractivity contribution in [2.24, 2.45) is 5.73 Å². The minimum absolute atomic E-state index is 0.279. The average molecular weight is 241 g/mol. The molecule has 3 N–H and O–H groups in total. The first-order chi connectivity index (χ1) is 7.85. The number of carbonyl (C=O) groups is 1. The van der Waals surface area contributed by atoms with Crippen LogP contribution in [0.5, 0.6) is 0 Å². The molecule has 17 heavy (non-hydrogen) atoms. The summed E-state index contributed by atoms with van der Waals surface area (Å²) in [4.78, 5) is 11.8. The molecule has 0 bridgehead atoms. The molecular formula is C11H19N3O3. The Hall–Kier alpha value is -1.40. The molecule has 96 valence electrons. The highest BCUT2D eigenvalue weighted by Crippen LogP contribution is 2.13. The molecule has 0 aliphatic carbocycles. The Labute approximate surface area is 100 Å². The van der Waals surface area contributed by atoms with E-state index in [9.17, 15) is 4.79 Å². The SMILES string of the molecule is COCc1onc(C(=O)NCC(C)(C)N)c1C. The van der Waals surface area contributed by atoms with Crippen molar-refractivity contribution in [3.63, 3.8) is 0 Å². The van der Waals surface area contributed by atoms with Crippen LogP contribution in [0.2, 0.25) is 0 Å². The van der Waals surface area contributed by atoms with Crippen molar-refractivity contribution in [3.05, 3.63) is 17.0 Å². The van der Waals surface area contributed by atoms with Crippen LogP contribution >= 0.6 is 0 Å². The number of nitrogens with zero attached hydrogens (tertiary/aromatic N) is 1. The zero-order valence-corrected chi connectivity index (χ0v) is 10.7. The molecule has 0 saturated carbocycles. The van der Waals surface area contributed by atoms with Gasteiger partial charge in [-0.05, 0) is 20.8 Å². The molecule has 1 aromatic rings. The van der Waals surface area contributed by atoms with Crippen LogP contribution in [0.1, 0.15) is 35.7 Å². The number of carbonyl (C=O) groups excluding carboxylic acids is 1. The predicted molar refractivity (Wildman–Crippen MR) is 62.6 cm³/mol. The van der Waals surface area contributed by atoms with Crippen molar-refractivity contribution >= 4 is 5.91 Å². The second kappa shape index (κ2) is 5.29. The minimum Gasteiger partial charge on any atom is -0.377 e. The van der Waals surface area contributed by atoms with Crippen LogP contribution in [0, 0.1) is 6.92 Å². The largest absolute Gasteiger partial charge is 0.377 e. The van der Waals surface area contributed by atoms with Crippen LogP contribution < -0.4 is 11.1 Å². The first-order valence-electron chi connectivity index (χ1n) is 5.36. The molecule has 0 unspecified atom stereocenters. The number of methoxy groups -OCH3 is 1. The summed E-state index contributed by atoms with van der Waals surface area (Å²) >= 11 is 0. The fourth-order valence-electron chi connectivity index (χ4n) is 1.24. The predicted octanol–water partition coefficient (Wildman–Crippen LogP) is 0.597. The number of rotatable bonds is 5. The van der Waals surface area contributed by atoms with E-state index >= 15 is 0 Å². The van der Waals surface area contributed by atoms with Crippen LogP contribution in [0.3, 0.4) is 0 Å². The van der Waals surface area contributed by atoms with E-state index in [0.29, 0.717) is 24.5 Å². The Bertz CT molecular complexity index is 393. The number of nitrogens with one attached hydrogen (secondary N) is 1. The lowest BCUT2D eigenvalue weighted by Crippen LogP contribution is -2.45. The average Bonchev–Trinajstić information content (AvgIpc) is 2.57. The van der Waals surface area contributed by atoms with Crippen molar-refractivity contribution in [2.45, 2.75) is 32.9 Å². The lowest BCUT2D eigenvalue weighted by Gasteiger charge is -2.18. The van der Waals surface area contributed by atoms with E-state index in [1.165, 1.54) is 0 Å². The maximum absolute atomic E-state index is 11.8. The monoisotopic (exact) mass is 241 g/mol. The van der Waals surface area contributed by atoms with Gasteiger partial charge in [0.05, 0.1) is 0 Å². The number of amides is 1. The van der Waals surface area contributed by atoms with Gasteiger partial charge in [-0.1, -0.05) is 5.16 Å². The normalized spacial score (nSPS) is 11.6. The van der Waals surface area contributed by atoms with Crippen LogP contribution in [0.25, 0.3) is 0 Å². The Morgan fingerprint density at radius 2 is 2.24 bits per heavy atom. The maximum atomic E-state index is 11.8. The molecule has 0 atom stereocenters. The molecule has 0 aliphatic rings. The summed E-state index contributed by atoms with van der Waals surface area (Å²) in [6.07, 6.45) is 0. The summed E-state index contributed by atoms with van der Waals surface area (Å²) in [5.74, 6) is 0.275. The second-order valence-corrected chi connectivity index (χ2v) is 4.68. The third-order valence-electron chi connectivity index (χ3n) is 2.22. The fourth-order valence-corrected chi connectivity index (χ4v) is 1.24. The maximum Gasteiger partial charge on any atom is 0.273 e. The molecule has 1 aromatic heterocycles. The summed E-state index contributed by atoms with van der Waals surface area (Å²) < 4.78 is 9.95. The van der Waals surface area contributed by atoms with E-state index in [4.69, 9.17) is 15.0 Å². The van der Waals surface area contributed by atoms with Gasteiger partial charge < -0.3 is 20.3 Å². The van der Waals surface area contributed by atoms with Crippen molar-refractivity contribution in [2.75, 3.05) is 13.7 Å². The fraction of sp³-hybridized carbons (Fsp3) is 0.636. The Morgan fingerprint density at radius 1 is 1.59 bits per heavy atom. The van der Waals surface area contributed by atoms with E-state index in [0.717, 1.165) is 0 Å². The van der Waals surface area contributed by atoms with Gasteiger partial charge in [0.2, 0.25) is 0 Å². The lowest BCUT2D eigenvalue weighted by atomic mass is 10.1. The summed E-state index contributed by atoms with van der Waals surface area (Å²) in [5.41, 5.74) is 6.29. The van der Waals surface area contributed by atoms with Crippen molar-refractivity contribution in [3.8, 4) is 0 Å². The Balaban J connectivity index is 2.70. The summed E-state index contributed by atoms with van der Waals surface area (Å²) in [6.45, 7) is 6.11. The molecule has 6 heteroatoms. The lowest BCUT2D eigenvalue weighted by molar-refractivity contribution is 0.0936. The van der Waals surface area contributed by atoms with Gasteiger partial charge in [0, 0.05) is 24.8 Å². The first kappa shape index (κ1) is 13.7. The number of hydrogen-bond donors (Lipinski definition) is 2. The Kier molecular flexibility index (Phi) is 4.25. The quantitative estimate of drug-likeness (QED) is 0.787. The number of nitrogens with two attached hydrogens (primary N) is 1. The highest BCUT2D eigenvalue weighted by Gasteiger charge is 2.20. The third kappa shape index (κ3) is 3.83. The van der Waals surface area contributed by atoms with Gasteiger partial charge in [0.15, 0.2) is 11.5 Å². The topological polar surface area (TPSA) is 90.4 Å². The third-order valence-corrected chi connectivity index (χ3v) is 2.22. The smallest absolute Gasteiger partial charge is 0.273 e. The highest BCUT2D eigenvalue weighted by molar-refractivity contribution is 5.93. The first-order valence-corrected chi connectivity index (χ1v) is 5.36. The molecule has 1 heterocycles. The molecule has 6 nitrogen and oxygen atoms in total. The summed E-state index contributed by atoms with van der Waals surface area (Å²) in [5, 5.41) is 6.43. The van der Waals surface area contributed by atoms with Crippen molar-refractivity contribution < 1.29 is 14.1 Å². The molecule has 0 fully saturated rings. The van der Waals surface area contributed by atoms with Crippen LogP contribution in [0.15, 0.2) is 4.52 Å². The summed E-state index contributed by atoms with van der Waals surface area (Å²) in [6, 6.07) is 0. The van der Waals surface area contributed by atoms with Gasteiger partial charge in [0.1, 0.15) is 6.61 Å². The minimum atomic E-state index is -0.456. The van der Waals surface area contributed by atoms with Gasteiger partial charge in [-0.3, -0.25) is 4.79 Å². The zero-order valence-electron chi connectivity index (χ0n) is 10.7. The van der Waals surface area contributed by atoms with E-state index in [1.54, 1.807) is 14.0 Å². The van der Waals surface area contributed by atoms with Crippen LogP contribution in [-0.2, 0) is 11.3 Å². The Morgan fingerprint density at radius 3 is 2.76 bits per heavy atom. The molecule has 0 spiro atoms. The van der Waals surface area contributed by atoms with Crippen LogP contribution in [0.4, 0.5) is 0 Å². The highest BCUT2D eigenvalue weighted by atomic mass is 16.5. The molecule has 1 amide bonds. The molecule has 0 aliphatic heterocycles. The van der Waals surface area contributed by atoms with E-state index in [2.05, 4.69) is 10.5 Å². The summed E-state index contributed by atoms with van der Waals surface area (Å²) in [7, 11) is 1.55. The molecule has 1 rings (SSSR count). The molecular weight excluding hydrogens is 222 g/mol. The van der Waals surface area contributed by atoms with Crippen molar-refractivity contribution in [1.29, 1.82) is 0 Å². The molecule has 0 radical (unpaired) electrons. The van der Waals surface area contributed by atoms with Gasteiger partial charge in [0.25, 0.3) is 5.91 Å². The van der Waals surface area contributed by atoms with E-state index < -0.39 is 5.54 Å². The molecule has 0 aromatic carbocycles. The number of aromatic nitrogens is 1. The van der Waals surface area contributed by atoms with E-state index in [1.807, 2.05) is 13.8 Å². The van der Waals surface area contributed by atoms with Gasteiger partial charge in [-0.25, -0.2) is 0 Å². The number of hydrogen-bond acceptors (Lipinski definition) is 5. The standard InChI is InChI=1S/C11H19N3O3/c1-7-8(5-16-4)17-14-9(7)10(15)13-6-11(2,3)12/h5-6,12H2,1-4H3,(H,13,15). The number of ether oxygens (including phenoxy) is 1. The van der Waals surface area contributed by atoms with E-state index in [-0.39, 0.29) is 11.6 Å². The second-order valence-electron chi connectivity index (χ2n) is 4.68. The zero-order chi connectivity index (χ0) is 13.1.